The Morgan fingerprint density at radius 2 is 1.84 bits per heavy atom. The third kappa shape index (κ3) is 2.46. The van der Waals surface area contributed by atoms with Crippen LogP contribution in [-0.4, -0.2) is 33.7 Å². The van der Waals surface area contributed by atoms with E-state index in [1.807, 2.05) is 0 Å². The van der Waals surface area contributed by atoms with Crippen LogP contribution in [0.25, 0.3) is 0 Å². The normalized spacial score (nSPS) is 15.9. The summed E-state index contributed by atoms with van der Waals surface area (Å²) in [6.45, 7) is 3.42. The minimum absolute atomic E-state index is 0.0488. The molecule has 0 unspecified atom stereocenters. The van der Waals surface area contributed by atoms with Gasteiger partial charge in [0.1, 0.15) is 0 Å². The van der Waals surface area contributed by atoms with Gasteiger partial charge in [-0.05, 0) is 31.5 Å². The highest BCUT2D eigenvalue weighted by molar-refractivity contribution is 6.44. The van der Waals surface area contributed by atoms with Crippen LogP contribution in [0.15, 0.2) is 24.3 Å². The second-order valence-corrected chi connectivity index (χ2v) is 5.01. The molecule has 1 aliphatic heterocycles. The van der Waals surface area contributed by atoms with Gasteiger partial charge < -0.3 is 0 Å². The van der Waals surface area contributed by atoms with E-state index in [2.05, 4.69) is 0 Å². The van der Waals surface area contributed by atoms with E-state index in [9.17, 15) is 14.4 Å². The standard InChI is InChI=1S/C13H13ClN2O3/c1-8(2)16-12(18)11(17)15(13(16)19)7-9-4-3-5-10(14)6-9/h3-6,8H,7H2,1-2H3. The number of imide groups is 2. The fourth-order valence-corrected chi connectivity index (χ4v) is 2.15. The van der Waals surface area contributed by atoms with Crippen molar-refractivity contribution in [2.24, 2.45) is 0 Å². The molecule has 1 saturated heterocycles. The first kappa shape index (κ1) is 13.5. The topological polar surface area (TPSA) is 57.7 Å². The van der Waals surface area contributed by atoms with Crippen molar-refractivity contribution in [3.8, 4) is 0 Å². The summed E-state index contributed by atoms with van der Waals surface area (Å²) < 4.78 is 0. The number of halogens is 1. The highest BCUT2D eigenvalue weighted by Gasteiger charge is 2.45. The second kappa shape index (κ2) is 5.01. The van der Waals surface area contributed by atoms with E-state index in [1.165, 1.54) is 0 Å². The number of benzene rings is 1. The van der Waals surface area contributed by atoms with Gasteiger partial charge in [0.05, 0.1) is 6.54 Å². The van der Waals surface area contributed by atoms with Gasteiger partial charge in [-0.15, -0.1) is 0 Å². The number of hydrogen-bond donors (Lipinski definition) is 0. The summed E-state index contributed by atoms with van der Waals surface area (Å²) in [7, 11) is 0. The van der Waals surface area contributed by atoms with Crippen molar-refractivity contribution in [3.05, 3.63) is 34.9 Å². The Morgan fingerprint density at radius 3 is 2.37 bits per heavy atom. The number of carbonyl (C=O) groups excluding carboxylic acids is 3. The average Bonchev–Trinajstić information content (AvgIpc) is 2.53. The number of hydrogen-bond acceptors (Lipinski definition) is 3. The molecule has 1 aliphatic rings. The van der Waals surface area contributed by atoms with E-state index in [4.69, 9.17) is 11.6 Å². The van der Waals surface area contributed by atoms with E-state index >= 15 is 0 Å². The van der Waals surface area contributed by atoms with Gasteiger partial charge in [0, 0.05) is 11.1 Å². The first-order chi connectivity index (χ1) is 8.91. The van der Waals surface area contributed by atoms with Crippen LogP contribution in [-0.2, 0) is 16.1 Å². The van der Waals surface area contributed by atoms with Crippen LogP contribution in [0.3, 0.4) is 0 Å². The molecule has 100 valence electrons. The smallest absolute Gasteiger partial charge is 0.263 e. The van der Waals surface area contributed by atoms with Gasteiger partial charge in [-0.25, -0.2) is 4.79 Å². The molecule has 1 aromatic rings. The van der Waals surface area contributed by atoms with E-state index < -0.39 is 17.8 Å². The quantitative estimate of drug-likeness (QED) is 0.629. The van der Waals surface area contributed by atoms with E-state index in [-0.39, 0.29) is 12.6 Å². The van der Waals surface area contributed by atoms with Gasteiger partial charge in [0.25, 0.3) is 0 Å². The van der Waals surface area contributed by atoms with Gasteiger partial charge in [0.15, 0.2) is 0 Å². The zero-order valence-corrected chi connectivity index (χ0v) is 11.3. The molecule has 0 N–H and O–H groups in total. The fourth-order valence-electron chi connectivity index (χ4n) is 1.93. The van der Waals surface area contributed by atoms with Gasteiger partial charge in [0.2, 0.25) is 0 Å². The molecule has 5 nitrogen and oxygen atoms in total. The minimum Gasteiger partial charge on any atom is -0.263 e. The van der Waals surface area contributed by atoms with Crippen LogP contribution < -0.4 is 0 Å². The lowest BCUT2D eigenvalue weighted by Crippen LogP contribution is -2.37. The predicted molar refractivity (Wildman–Crippen MR) is 69.4 cm³/mol. The molecule has 0 saturated carbocycles. The SMILES string of the molecule is CC(C)N1C(=O)C(=O)N(Cc2cccc(Cl)c2)C1=O. The number of nitrogens with zero attached hydrogens (tertiary/aromatic N) is 2. The van der Waals surface area contributed by atoms with Gasteiger partial charge in [-0.2, -0.15) is 0 Å². The summed E-state index contributed by atoms with van der Waals surface area (Å²) in [6, 6.07) is 5.91. The molecule has 1 heterocycles. The molecular formula is C13H13ClN2O3. The molecule has 0 aliphatic carbocycles. The Bertz CT molecular complexity index is 557. The number of rotatable bonds is 3. The van der Waals surface area contributed by atoms with Crippen molar-refractivity contribution in [1.82, 2.24) is 9.80 Å². The Kier molecular flexibility index (Phi) is 3.57. The zero-order chi connectivity index (χ0) is 14.2. The molecule has 1 fully saturated rings. The largest absolute Gasteiger partial charge is 0.334 e. The molecule has 6 heteroatoms. The van der Waals surface area contributed by atoms with E-state index in [0.29, 0.717) is 10.6 Å². The zero-order valence-electron chi connectivity index (χ0n) is 10.6. The lowest BCUT2D eigenvalue weighted by atomic mass is 10.2. The van der Waals surface area contributed by atoms with Crippen molar-refractivity contribution in [1.29, 1.82) is 0 Å². The van der Waals surface area contributed by atoms with Gasteiger partial charge >= 0.3 is 17.8 Å². The Labute approximate surface area is 115 Å². The summed E-state index contributed by atoms with van der Waals surface area (Å²) in [6.07, 6.45) is 0. The predicted octanol–water partition coefficient (Wildman–Crippen LogP) is 2.04. The van der Waals surface area contributed by atoms with Crippen molar-refractivity contribution in [2.45, 2.75) is 26.4 Å². The van der Waals surface area contributed by atoms with Crippen molar-refractivity contribution in [2.75, 3.05) is 0 Å². The highest BCUT2D eigenvalue weighted by Crippen LogP contribution is 2.19. The molecule has 0 bridgehead atoms. The van der Waals surface area contributed by atoms with Crippen molar-refractivity contribution >= 4 is 29.4 Å². The maximum Gasteiger partial charge on any atom is 0.334 e. The third-order valence-corrected chi connectivity index (χ3v) is 3.07. The Hall–Kier alpha value is -1.88. The van der Waals surface area contributed by atoms with Crippen LogP contribution in [0.1, 0.15) is 19.4 Å². The molecular weight excluding hydrogens is 268 g/mol. The van der Waals surface area contributed by atoms with Crippen LogP contribution in [0.4, 0.5) is 4.79 Å². The molecule has 0 radical (unpaired) electrons. The molecule has 0 atom stereocenters. The highest BCUT2D eigenvalue weighted by atomic mass is 35.5. The van der Waals surface area contributed by atoms with Crippen LogP contribution >= 0.6 is 11.6 Å². The molecule has 0 aromatic heterocycles. The fraction of sp³-hybridized carbons (Fsp3) is 0.308. The van der Waals surface area contributed by atoms with Crippen molar-refractivity contribution < 1.29 is 14.4 Å². The summed E-state index contributed by atoms with van der Waals surface area (Å²) in [5.41, 5.74) is 0.701. The summed E-state index contributed by atoms with van der Waals surface area (Å²) in [4.78, 5) is 37.5. The lowest BCUT2D eigenvalue weighted by Gasteiger charge is -2.18. The number of carbonyl (C=O) groups is 3. The summed E-state index contributed by atoms with van der Waals surface area (Å²) >= 11 is 5.85. The van der Waals surface area contributed by atoms with Crippen molar-refractivity contribution in [3.63, 3.8) is 0 Å². The second-order valence-electron chi connectivity index (χ2n) is 4.57. The van der Waals surface area contributed by atoms with E-state index in [0.717, 1.165) is 9.80 Å². The van der Waals surface area contributed by atoms with Crippen LogP contribution in [0.5, 0.6) is 0 Å². The number of urea groups is 1. The van der Waals surface area contributed by atoms with Gasteiger partial charge in [-0.3, -0.25) is 19.4 Å². The third-order valence-electron chi connectivity index (χ3n) is 2.83. The summed E-state index contributed by atoms with van der Waals surface area (Å²) in [5, 5.41) is 0.517. The van der Waals surface area contributed by atoms with Crippen LogP contribution in [0.2, 0.25) is 5.02 Å². The monoisotopic (exact) mass is 280 g/mol. The van der Waals surface area contributed by atoms with E-state index in [1.54, 1.807) is 38.1 Å². The molecule has 0 spiro atoms. The molecule has 2 rings (SSSR count). The molecule has 19 heavy (non-hydrogen) atoms. The molecule has 1 aromatic carbocycles. The average molecular weight is 281 g/mol. The first-order valence-electron chi connectivity index (χ1n) is 5.85. The van der Waals surface area contributed by atoms with Crippen LogP contribution in [0, 0.1) is 0 Å². The Balaban J connectivity index is 2.24. The van der Waals surface area contributed by atoms with Gasteiger partial charge in [-0.1, -0.05) is 23.7 Å². The number of amides is 4. The maximum atomic E-state index is 12.0. The maximum absolute atomic E-state index is 12.0. The molecule has 4 amide bonds. The lowest BCUT2D eigenvalue weighted by molar-refractivity contribution is -0.144. The Morgan fingerprint density at radius 1 is 1.16 bits per heavy atom. The summed E-state index contributed by atoms with van der Waals surface area (Å²) in [5.74, 6) is -1.57. The minimum atomic E-state index is -0.793. The first-order valence-corrected chi connectivity index (χ1v) is 6.23.